The van der Waals surface area contributed by atoms with E-state index in [1.165, 1.54) is 0 Å². The third-order valence-corrected chi connectivity index (χ3v) is 3.11. The number of ether oxygens (including phenoxy) is 1. The fourth-order valence-electron chi connectivity index (χ4n) is 2.10. The van der Waals surface area contributed by atoms with Crippen molar-refractivity contribution in [2.45, 2.75) is 38.3 Å². The summed E-state index contributed by atoms with van der Waals surface area (Å²) in [5.74, 6) is 0.222. The third kappa shape index (κ3) is 3.18. The summed E-state index contributed by atoms with van der Waals surface area (Å²) in [4.78, 5) is 14.0. The van der Waals surface area contributed by atoms with Crippen molar-refractivity contribution in [1.29, 1.82) is 0 Å². The monoisotopic (exact) mass is 214 g/mol. The van der Waals surface area contributed by atoms with E-state index in [-0.39, 0.29) is 11.9 Å². The highest BCUT2D eigenvalue weighted by Gasteiger charge is 2.29. The lowest BCUT2D eigenvalue weighted by atomic mass is 10.1. The Kier molecular flexibility index (Phi) is 5.05. The van der Waals surface area contributed by atoms with Crippen molar-refractivity contribution in [3.05, 3.63) is 0 Å². The number of hydrogen-bond donors (Lipinski definition) is 1. The third-order valence-electron chi connectivity index (χ3n) is 3.11. The Hall–Kier alpha value is -0.610. The molecule has 1 aliphatic heterocycles. The van der Waals surface area contributed by atoms with Gasteiger partial charge in [0.15, 0.2) is 0 Å². The Morgan fingerprint density at radius 1 is 1.53 bits per heavy atom. The predicted octanol–water partition coefficient (Wildman–Crippen LogP) is 0.622. The number of carbonyl (C=O) groups is 1. The van der Waals surface area contributed by atoms with E-state index in [1.807, 2.05) is 11.9 Å². The summed E-state index contributed by atoms with van der Waals surface area (Å²) in [6.07, 6.45) is 3.15. The lowest BCUT2D eigenvalue weighted by molar-refractivity contribution is -0.135. The first-order chi connectivity index (χ1) is 7.20. The molecule has 1 rings (SSSR count). The van der Waals surface area contributed by atoms with E-state index in [2.05, 4.69) is 12.2 Å². The van der Waals surface area contributed by atoms with Crippen LogP contribution in [0.25, 0.3) is 0 Å². The maximum atomic E-state index is 12.1. The molecular weight excluding hydrogens is 192 g/mol. The molecule has 1 saturated heterocycles. The maximum Gasteiger partial charge on any atom is 0.240 e. The molecule has 15 heavy (non-hydrogen) atoms. The zero-order chi connectivity index (χ0) is 11.3. The number of nitrogens with zero attached hydrogens (tertiary/aromatic N) is 1. The minimum atomic E-state index is -0.00759. The molecule has 0 bridgehead atoms. The Morgan fingerprint density at radius 3 is 2.87 bits per heavy atom. The van der Waals surface area contributed by atoms with E-state index in [0.29, 0.717) is 19.2 Å². The Balaban J connectivity index is 2.64. The van der Waals surface area contributed by atoms with Crippen LogP contribution in [0.3, 0.4) is 0 Å². The highest BCUT2D eigenvalue weighted by atomic mass is 16.5. The van der Waals surface area contributed by atoms with Crippen LogP contribution in [0.4, 0.5) is 0 Å². The van der Waals surface area contributed by atoms with Crippen molar-refractivity contribution < 1.29 is 9.53 Å². The van der Waals surface area contributed by atoms with Gasteiger partial charge in [0.1, 0.15) is 0 Å². The molecule has 1 aliphatic rings. The average Bonchev–Trinajstić information content (AvgIpc) is 2.36. The van der Waals surface area contributed by atoms with Crippen molar-refractivity contribution in [3.8, 4) is 0 Å². The Bertz CT molecular complexity index is 209. The van der Waals surface area contributed by atoms with Gasteiger partial charge in [-0.3, -0.25) is 4.79 Å². The highest BCUT2D eigenvalue weighted by Crippen LogP contribution is 2.17. The molecule has 0 spiro atoms. The van der Waals surface area contributed by atoms with Gasteiger partial charge in [-0.1, -0.05) is 0 Å². The van der Waals surface area contributed by atoms with Crippen LogP contribution in [0.1, 0.15) is 26.2 Å². The first-order valence-electron chi connectivity index (χ1n) is 5.67. The van der Waals surface area contributed by atoms with Crippen molar-refractivity contribution in [2.24, 2.45) is 0 Å². The fraction of sp³-hybridized carbons (Fsp3) is 0.909. The first kappa shape index (κ1) is 12.5. The van der Waals surface area contributed by atoms with Crippen LogP contribution >= 0.6 is 0 Å². The van der Waals surface area contributed by atoms with Gasteiger partial charge in [0.25, 0.3) is 0 Å². The number of amides is 1. The SMILES string of the molecule is CNC1CCCC(C)N(CCOC)C1=O. The van der Waals surface area contributed by atoms with Crippen LogP contribution < -0.4 is 5.32 Å². The molecule has 88 valence electrons. The summed E-state index contributed by atoms with van der Waals surface area (Å²) < 4.78 is 5.04. The van der Waals surface area contributed by atoms with Crippen LogP contribution in [0, 0.1) is 0 Å². The van der Waals surface area contributed by atoms with Crippen LogP contribution in [-0.4, -0.2) is 50.2 Å². The molecule has 0 radical (unpaired) electrons. The van der Waals surface area contributed by atoms with Crippen LogP contribution in [0.2, 0.25) is 0 Å². The molecule has 0 saturated carbocycles. The number of rotatable bonds is 4. The largest absolute Gasteiger partial charge is 0.383 e. The Morgan fingerprint density at radius 2 is 2.27 bits per heavy atom. The van der Waals surface area contributed by atoms with Crippen LogP contribution in [0.5, 0.6) is 0 Å². The molecule has 1 fully saturated rings. The van der Waals surface area contributed by atoms with E-state index < -0.39 is 0 Å². The van der Waals surface area contributed by atoms with Gasteiger partial charge in [0, 0.05) is 19.7 Å². The molecule has 0 aromatic heterocycles. The number of hydrogen-bond acceptors (Lipinski definition) is 3. The number of carbonyl (C=O) groups excluding carboxylic acids is 1. The van der Waals surface area contributed by atoms with Gasteiger partial charge in [-0.2, -0.15) is 0 Å². The summed E-state index contributed by atoms with van der Waals surface area (Å²) in [7, 11) is 3.52. The average molecular weight is 214 g/mol. The second-order valence-corrected chi connectivity index (χ2v) is 4.15. The molecule has 2 atom stereocenters. The maximum absolute atomic E-state index is 12.1. The molecule has 2 unspecified atom stereocenters. The van der Waals surface area contributed by atoms with Crippen molar-refractivity contribution in [3.63, 3.8) is 0 Å². The molecule has 0 aliphatic carbocycles. The second-order valence-electron chi connectivity index (χ2n) is 4.15. The van der Waals surface area contributed by atoms with Crippen LogP contribution in [-0.2, 0) is 9.53 Å². The summed E-state index contributed by atoms with van der Waals surface area (Å²) in [6.45, 7) is 3.44. The van der Waals surface area contributed by atoms with Crippen molar-refractivity contribution in [2.75, 3.05) is 27.3 Å². The second kappa shape index (κ2) is 6.08. The number of methoxy groups -OCH3 is 1. The smallest absolute Gasteiger partial charge is 0.240 e. The molecule has 4 heteroatoms. The summed E-state index contributed by atoms with van der Waals surface area (Å²) in [6, 6.07) is 0.331. The van der Waals surface area contributed by atoms with Gasteiger partial charge in [0.2, 0.25) is 5.91 Å². The van der Waals surface area contributed by atoms with E-state index in [1.54, 1.807) is 7.11 Å². The molecule has 1 heterocycles. The molecule has 0 aromatic carbocycles. The van der Waals surface area contributed by atoms with E-state index in [0.717, 1.165) is 19.3 Å². The lowest BCUT2D eigenvalue weighted by Gasteiger charge is -2.29. The Labute approximate surface area is 92.0 Å². The number of nitrogens with one attached hydrogen (secondary N) is 1. The van der Waals surface area contributed by atoms with Gasteiger partial charge in [-0.25, -0.2) is 0 Å². The zero-order valence-corrected chi connectivity index (χ0v) is 9.95. The zero-order valence-electron chi connectivity index (χ0n) is 9.95. The van der Waals surface area contributed by atoms with Crippen molar-refractivity contribution >= 4 is 5.91 Å². The summed E-state index contributed by atoms with van der Waals surface area (Å²) in [5, 5.41) is 3.09. The molecule has 0 aromatic rings. The molecular formula is C11H22N2O2. The molecule has 4 nitrogen and oxygen atoms in total. The minimum Gasteiger partial charge on any atom is -0.383 e. The predicted molar refractivity (Wildman–Crippen MR) is 59.7 cm³/mol. The van der Waals surface area contributed by atoms with Gasteiger partial charge in [0.05, 0.1) is 12.6 Å². The van der Waals surface area contributed by atoms with Gasteiger partial charge in [-0.05, 0) is 33.2 Å². The standard InChI is InChI=1S/C11H22N2O2/c1-9-5-4-6-10(12-2)11(14)13(9)7-8-15-3/h9-10,12H,4-8H2,1-3H3. The van der Waals surface area contributed by atoms with Gasteiger partial charge < -0.3 is 15.0 Å². The number of likely N-dealkylation sites (N-methyl/N-ethyl adjacent to an activating group) is 1. The lowest BCUT2D eigenvalue weighted by Crippen LogP contribution is -2.48. The number of likely N-dealkylation sites (tertiary alicyclic amines) is 1. The van der Waals surface area contributed by atoms with E-state index in [4.69, 9.17) is 4.74 Å². The molecule has 1 N–H and O–H groups in total. The first-order valence-corrected chi connectivity index (χ1v) is 5.67. The van der Waals surface area contributed by atoms with Crippen LogP contribution in [0.15, 0.2) is 0 Å². The minimum absolute atomic E-state index is 0.00759. The van der Waals surface area contributed by atoms with Gasteiger partial charge >= 0.3 is 0 Å². The normalized spacial score (nSPS) is 27.9. The quantitative estimate of drug-likeness (QED) is 0.746. The summed E-state index contributed by atoms with van der Waals surface area (Å²) >= 11 is 0. The van der Waals surface area contributed by atoms with E-state index >= 15 is 0 Å². The molecule has 1 amide bonds. The van der Waals surface area contributed by atoms with Gasteiger partial charge in [-0.15, -0.1) is 0 Å². The summed E-state index contributed by atoms with van der Waals surface area (Å²) in [5.41, 5.74) is 0. The highest BCUT2D eigenvalue weighted by molar-refractivity contribution is 5.82. The topological polar surface area (TPSA) is 41.6 Å². The van der Waals surface area contributed by atoms with Crippen molar-refractivity contribution in [1.82, 2.24) is 10.2 Å². The van der Waals surface area contributed by atoms with E-state index in [9.17, 15) is 4.79 Å². The fourth-order valence-corrected chi connectivity index (χ4v) is 2.10.